The minimum absolute atomic E-state index is 0.300. The van der Waals surface area contributed by atoms with Crippen LogP contribution in [0.2, 0.25) is 0 Å². The Kier molecular flexibility index (Phi) is 5.70. The first-order chi connectivity index (χ1) is 14.5. The molecule has 2 atom stereocenters. The highest BCUT2D eigenvalue weighted by Gasteiger charge is 2.49. The van der Waals surface area contributed by atoms with Crippen molar-refractivity contribution in [2.45, 2.75) is 32.4 Å². The van der Waals surface area contributed by atoms with Crippen LogP contribution in [0.3, 0.4) is 0 Å². The molecule has 2 N–H and O–H groups in total. The van der Waals surface area contributed by atoms with Crippen molar-refractivity contribution in [2.75, 3.05) is 13.1 Å². The number of aliphatic hydroxyl groups excluding tert-OH is 1. The third kappa shape index (κ3) is 4.01. The van der Waals surface area contributed by atoms with Crippen molar-refractivity contribution in [2.24, 2.45) is 5.41 Å². The smallest absolute Gasteiger partial charge is 0.313 e. The van der Waals surface area contributed by atoms with E-state index in [-0.39, 0.29) is 0 Å². The number of rotatable bonds is 6. The monoisotopic (exact) mass is 405 g/mol. The van der Waals surface area contributed by atoms with Crippen molar-refractivity contribution in [3.8, 4) is 5.69 Å². The second-order valence-corrected chi connectivity index (χ2v) is 8.22. The molecule has 1 aromatic heterocycles. The molecule has 0 bridgehead atoms. The number of likely N-dealkylation sites (tertiary alicyclic amines) is 1. The molecule has 0 saturated carbocycles. The molecule has 1 aliphatic heterocycles. The summed E-state index contributed by atoms with van der Waals surface area (Å²) in [4.78, 5) is 14.4. The molecule has 6 nitrogen and oxygen atoms in total. The Hall–Kier alpha value is -2.96. The van der Waals surface area contributed by atoms with Crippen LogP contribution in [0.25, 0.3) is 5.69 Å². The molecule has 0 radical (unpaired) electrons. The molecule has 156 valence electrons. The summed E-state index contributed by atoms with van der Waals surface area (Å²) in [6.07, 6.45) is 3.69. The zero-order valence-electron chi connectivity index (χ0n) is 17.1. The number of aromatic nitrogens is 2. The largest absolute Gasteiger partial charge is 0.481 e. The number of carbonyl (C=O) groups is 1. The first-order valence-electron chi connectivity index (χ1n) is 10.3. The molecule has 6 heteroatoms. The van der Waals surface area contributed by atoms with E-state index in [1.165, 1.54) is 0 Å². The zero-order valence-corrected chi connectivity index (χ0v) is 17.1. The topological polar surface area (TPSA) is 78.6 Å². The standard InChI is InChI=1S/C24H27N3O3/c1-18-7-5-6-10-21(18)27-16-20(14-25-27)15-26-12-11-22(28)24(17-26,23(29)30)13-19-8-3-2-4-9-19/h2-10,14,16,22,28H,11-13,15,17H2,1H3,(H,29,30)/t22-,24-/m0/s1. The molecule has 2 heterocycles. The van der Waals surface area contributed by atoms with Crippen LogP contribution < -0.4 is 0 Å². The van der Waals surface area contributed by atoms with Crippen LogP contribution in [-0.2, 0) is 17.8 Å². The fourth-order valence-corrected chi connectivity index (χ4v) is 4.37. The summed E-state index contributed by atoms with van der Waals surface area (Å²) < 4.78 is 1.86. The number of benzene rings is 2. The second kappa shape index (κ2) is 8.42. The van der Waals surface area contributed by atoms with E-state index in [1.807, 2.05) is 78.6 Å². The van der Waals surface area contributed by atoms with E-state index in [0.29, 0.717) is 32.5 Å². The molecule has 0 amide bonds. The Morgan fingerprint density at radius 3 is 2.60 bits per heavy atom. The lowest BCUT2D eigenvalue weighted by Crippen LogP contribution is -2.56. The highest BCUT2D eigenvalue weighted by Crippen LogP contribution is 2.35. The number of nitrogens with zero attached hydrogens (tertiary/aromatic N) is 3. The number of piperidine rings is 1. The molecular weight excluding hydrogens is 378 g/mol. The molecule has 3 aromatic rings. The summed E-state index contributed by atoms with van der Waals surface area (Å²) in [6.45, 7) is 3.60. The van der Waals surface area contributed by atoms with Gasteiger partial charge < -0.3 is 10.2 Å². The number of carboxylic acid groups (broad SMARTS) is 1. The quantitative estimate of drug-likeness (QED) is 0.659. The van der Waals surface area contributed by atoms with Crippen molar-refractivity contribution < 1.29 is 15.0 Å². The van der Waals surface area contributed by atoms with Crippen LogP contribution >= 0.6 is 0 Å². The van der Waals surface area contributed by atoms with Gasteiger partial charge in [0, 0.05) is 31.4 Å². The number of para-hydroxylation sites is 1. The van der Waals surface area contributed by atoms with Crippen molar-refractivity contribution in [1.82, 2.24) is 14.7 Å². The second-order valence-electron chi connectivity index (χ2n) is 8.22. The van der Waals surface area contributed by atoms with Gasteiger partial charge in [0.2, 0.25) is 0 Å². The summed E-state index contributed by atoms with van der Waals surface area (Å²) in [5.74, 6) is -0.945. The number of hydrogen-bond donors (Lipinski definition) is 2. The number of aliphatic hydroxyl groups is 1. The molecule has 0 unspecified atom stereocenters. The van der Waals surface area contributed by atoms with Gasteiger partial charge in [0.25, 0.3) is 0 Å². The molecule has 30 heavy (non-hydrogen) atoms. The van der Waals surface area contributed by atoms with Crippen LogP contribution in [0.4, 0.5) is 0 Å². The SMILES string of the molecule is Cc1ccccc1-n1cc(CN2CC[C@H](O)[C@@](Cc3ccccc3)(C(=O)O)C2)cn1. The molecule has 2 aromatic carbocycles. The van der Waals surface area contributed by atoms with Crippen molar-refractivity contribution in [3.63, 3.8) is 0 Å². The van der Waals surface area contributed by atoms with E-state index in [0.717, 1.165) is 22.4 Å². The molecule has 1 fully saturated rings. The average molecular weight is 405 g/mol. The van der Waals surface area contributed by atoms with E-state index in [4.69, 9.17) is 0 Å². The van der Waals surface area contributed by atoms with E-state index < -0.39 is 17.5 Å². The lowest BCUT2D eigenvalue weighted by molar-refractivity contribution is -0.163. The third-order valence-electron chi connectivity index (χ3n) is 6.06. The van der Waals surface area contributed by atoms with Gasteiger partial charge >= 0.3 is 5.97 Å². The van der Waals surface area contributed by atoms with Gasteiger partial charge in [0.1, 0.15) is 5.41 Å². The predicted octanol–water partition coefficient (Wildman–Crippen LogP) is 3.06. The van der Waals surface area contributed by atoms with Gasteiger partial charge in [-0.1, -0.05) is 48.5 Å². The van der Waals surface area contributed by atoms with Gasteiger partial charge in [-0.2, -0.15) is 5.10 Å². The maximum absolute atomic E-state index is 12.3. The Morgan fingerprint density at radius 2 is 1.87 bits per heavy atom. The van der Waals surface area contributed by atoms with Crippen molar-refractivity contribution >= 4 is 5.97 Å². The first kappa shape index (κ1) is 20.3. The van der Waals surface area contributed by atoms with Crippen LogP contribution in [0.15, 0.2) is 67.0 Å². The fraction of sp³-hybridized carbons (Fsp3) is 0.333. The van der Waals surface area contributed by atoms with Gasteiger partial charge in [-0.3, -0.25) is 9.69 Å². The third-order valence-corrected chi connectivity index (χ3v) is 6.06. The average Bonchev–Trinajstić information content (AvgIpc) is 3.19. The number of hydrogen-bond acceptors (Lipinski definition) is 4. The maximum atomic E-state index is 12.3. The summed E-state index contributed by atoms with van der Waals surface area (Å²) >= 11 is 0. The van der Waals surface area contributed by atoms with E-state index >= 15 is 0 Å². The molecule has 1 aliphatic rings. The lowest BCUT2D eigenvalue weighted by Gasteiger charge is -2.43. The Morgan fingerprint density at radius 1 is 1.13 bits per heavy atom. The molecule has 1 saturated heterocycles. The highest BCUT2D eigenvalue weighted by atomic mass is 16.4. The van der Waals surface area contributed by atoms with Gasteiger partial charge in [0.05, 0.1) is 18.0 Å². The molecule has 0 aliphatic carbocycles. The van der Waals surface area contributed by atoms with Crippen LogP contribution in [0.5, 0.6) is 0 Å². The summed E-state index contributed by atoms with van der Waals surface area (Å²) in [5, 5.41) is 25.3. The summed E-state index contributed by atoms with van der Waals surface area (Å²) in [7, 11) is 0. The predicted molar refractivity (Wildman–Crippen MR) is 114 cm³/mol. The maximum Gasteiger partial charge on any atom is 0.313 e. The van der Waals surface area contributed by atoms with Gasteiger partial charge in [-0.25, -0.2) is 4.68 Å². The minimum Gasteiger partial charge on any atom is -0.481 e. The number of carboxylic acids is 1. The lowest BCUT2D eigenvalue weighted by atomic mass is 9.73. The number of aliphatic carboxylic acids is 1. The summed E-state index contributed by atoms with van der Waals surface area (Å²) in [5.41, 5.74) is 2.90. The van der Waals surface area contributed by atoms with Crippen molar-refractivity contribution in [1.29, 1.82) is 0 Å². The molecule has 4 rings (SSSR count). The van der Waals surface area contributed by atoms with Crippen LogP contribution in [0.1, 0.15) is 23.1 Å². The van der Waals surface area contributed by atoms with Crippen LogP contribution in [0, 0.1) is 12.3 Å². The first-order valence-corrected chi connectivity index (χ1v) is 10.3. The Bertz CT molecular complexity index is 1020. The minimum atomic E-state index is -1.22. The van der Waals surface area contributed by atoms with E-state index in [9.17, 15) is 15.0 Å². The summed E-state index contributed by atoms with van der Waals surface area (Å²) in [6, 6.07) is 17.6. The van der Waals surface area contributed by atoms with Crippen molar-refractivity contribution in [3.05, 3.63) is 83.7 Å². The van der Waals surface area contributed by atoms with Gasteiger partial charge in [0.15, 0.2) is 0 Å². The van der Waals surface area contributed by atoms with Gasteiger partial charge in [-0.05, 0) is 37.0 Å². The Balaban J connectivity index is 1.53. The highest BCUT2D eigenvalue weighted by molar-refractivity contribution is 5.76. The molecule has 0 spiro atoms. The van der Waals surface area contributed by atoms with Crippen LogP contribution in [-0.4, -0.2) is 50.1 Å². The fourth-order valence-electron chi connectivity index (χ4n) is 4.37. The van der Waals surface area contributed by atoms with E-state index in [1.54, 1.807) is 0 Å². The zero-order chi connectivity index (χ0) is 21.1. The molecular formula is C24H27N3O3. The normalized spacial score (nSPS) is 22.1. The van der Waals surface area contributed by atoms with E-state index in [2.05, 4.69) is 10.00 Å². The Labute approximate surface area is 176 Å². The number of aryl methyl sites for hydroxylation is 1. The van der Waals surface area contributed by atoms with Gasteiger partial charge in [-0.15, -0.1) is 0 Å².